The van der Waals surface area contributed by atoms with Crippen molar-refractivity contribution in [1.82, 2.24) is 25.3 Å². The first-order valence-electron chi connectivity index (χ1n) is 10.1. The van der Waals surface area contributed by atoms with Crippen molar-refractivity contribution in [2.75, 3.05) is 19.6 Å². The van der Waals surface area contributed by atoms with Gasteiger partial charge in [-0.2, -0.15) is 5.10 Å². The molecule has 1 aliphatic rings. The number of hydrogen-bond acceptors (Lipinski definition) is 4. The largest absolute Gasteiger partial charge is 0.444 e. The Balaban J connectivity index is 1.93. The predicted octanol–water partition coefficient (Wildman–Crippen LogP) is 2.49. The Bertz CT molecular complexity index is 700. The second-order valence-electron chi connectivity index (χ2n) is 8.30. The molecule has 1 fully saturated rings. The Kier molecular flexibility index (Phi) is 7.32. The minimum absolute atomic E-state index is 0.236. The molecule has 1 heterocycles. The van der Waals surface area contributed by atoms with Crippen LogP contribution in [0.25, 0.3) is 0 Å². The maximum Gasteiger partial charge on any atom is 0.410 e. The molecule has 0 unspecified atom stereocenters. The number of nitrogens with zero attached hydrogens (tertiary/aromatic N) is 4. The zero-order valence-corrected chi connectivity index (χ0v) is 18.4. The van der Waals surface area contributed by atoms with Crippen molar-refractivity contribution < 1.29 is 9.53 Å². The van der Waals surface area contributed by atoms with E-state index in [4.69, 9.17) is 4.74 Å². The van der Waals surface area contributed by atoms with Crippen LogP contribution >= 0.6 is 0 Å². The number of aliphatic imine (C=N–C) groups is 1. The molecular formula is C20H36N6O2. The van der Waals surface area contributed by atoms with Crippen molar-refractivity contribution in [3.63, 3.8) is 0 Å². The van der Waals surface area contributed by atoms with Crippen LogP contribution in [0.2, 0.25) is 0 Å². The van der Waals surface area contributed by atoms with Gasteiger partial charge in [-0.15, -0.1) is 0 Å². The highest BCUT2D eigenvalue weighted by molar-refractivity contribution is 5.79. The smallest absolute Gasteiger partial charge is 0.410 e. The summed E-state index contributed by atoms with van der Waals surface area (Å²) in [6, 6.07) is 0.303. The summed E-state index contributed by atoms with van der Waals surface area (Å²) in [5.41, 5.74) is 2.80. The number of ether oxygens (including phenoxy) is 1. The third-order valence-corrected chi connectivity index (χ3v) is 4.66. The minimum atomic E-state index is -0.479. The van der Waals surface area contributed by atoms with Gasteiger partial charge in [0.2, 0.25) is 0 Å². The molecule has 0 radical (unpaired) electrons. The Morgan fingerprint density at radius 1 is 1.32 bits per heavy atom. The highest BCUT2D eigenvalue weighted by Gasteiger charge is 2.34. The monoisotopic (exact) mass is 392 g/mol. The Morgan fingerprint density at radius 3 is 2.50 bits per heavy atom. The molecule has 0 saturated heterocycles. The van der Waals surface area contributed by atoms with Crippen LogP contribution in [0.1, 0.15) is 57.5 Å². The Hall–Kier alpha value is -2.25. The molecule has 0 aliphatic heterocycles. The fourth-order valence-electron chi connectivity index (χ4n) is 2.97. The van der Waals surface area contributed by atoms with Crippen LogP contribution in [0.5, 0.6) is 0 Å². The van der Waals surface area contributed by atoms with Crippen LogP contribution < -0.4 is 10.6 Å². The summed E-state index contributed by atoms with van der Waals surface area (Å²) in [6.07, 6.45) is 1.86. The van der Waals surface area contributed by atoms with E-state index in [1.165, 1.54) is 0 Å². The molecule has 0 atom stereocenters. The normalized spacial score (nSPS) is 14.8. The molecule has 0 spiro atoms. The van der Waals surface area contributed by atoms with Crippen molar-refractivity contribution in [3.8, 4) is 0 Å². The maximum atomic E-state index is 12.5. The summed E-state index contributed by atoms with van der Waals surface area (Å²) >= 11 is 0. The zero-order chi connectivity index (χ0) is 20.9. The number of aryl methyl sites for hydroxylation is 2. The van der Waals surface area contributed by atoms with Crippen LogP contribution in [-0.4, -0.2) is 58.0 Å². The average molecular weight is 393 g/mol. The molecule has 8 heteroatoms. The third-order valence-electron chi connectivity index (χ3n) is 4.66. The molecule has 2 rings (SSSR count). The number of carbonyl (C=O) groups is 1. The topological polar surface area (TPSA) is 83.8 Å². The first-order chi connectivity index (χ1) is 13.1. The quantitative estimate of drug-likeness (QED) is 0.550. The van der Waals surface area contributed by atoms with E-state index in [0.29, 0.717) is 25.7 Å². The fraction of sp³-hybridized carbons (Fsp3) is 0.750. The van der Waals surface area contributed by atoms with E-state index in [1.807, 2.05) is 51.2 Å². The summed E-state index contributed by atoms with van der Waals surface area (Å²) in [4.78, 5) is 19.0. The van der Waals surface area contributed by atoms with E-state index in [-0.39, 0.29) is 6.09 Å². The minimum Gasteiger partial charge on any atom is -0.444 e. The molecule has 1 aliphatic carbocycles. The number of carbonyl (C=O) groups excluding carboxylic acids is 1. The SMILES string of the molecule is CCNC(=NCc1c(C)nn(C)c1C)NCCN(C(=O)OC(C)(C)C)C1CC1. The van der Waals surface area contributed by atoms with Gasteiger partial charge >= 0.3 is 6.09 Å². The molecule has 1 saturated carbocycles. The van der Waals surface area contributed by atoms with Gasteiger partial charge in [0.05, 0.1) is 12.2 Å². The summed E-state index contributed by atoms with van der Waals surface area (Å²) in [5, 5.41) is 11.0. The highest BCUT2D eigenvalue weighted by atomic mass is 16.6. The lowest BCUT2D eigenvalue weighted by Crippen LogP contribution is -2.45. The van der Waals surface area contributed by atoms with E-state index in [2.05, 4.69) is 27.6 Å². The van der Waals surface area contributed by atoms with Gasteiger partial charge in [0.1, 0.15) is 5.60 Å². The van der Waals surface area contributed by atoms with Crippen LogP contribution in [0.4, 0.5) is 4.79 Å². The molecule has 1 amide bonds. The maximum absolute atomic E-state index is 12.5. The summed E-state index contributed by atoms with van der Waals surface area (Å²) in [5.74, 6) is 0.741. The lowest BCUT2D eigenvalue weighted by Gasteiger charge is -2.27. The van der Waals surface area contributed by atoms with E-state index < -0.39 is 5.60 Å². The molecule has 1 aromatic heterocycles. The van der Waals surface area contributed by atoms with Crippen molar-refractivity contribution in [1.29, 1.82) is 0 Å². The molecule has 0 aromatic carbocycles. The molecule has 28 heavy (non-hydrogen) atoms. The number of nitrogens with one attached hydrogen (secondary N) is 2. The van der Waals surface area contributed by atoms with Gasteiger partial charge in [0, 0.05) is 44.0 Å². The fourth-order valence-corrected chi connectivity index (χ4v) is 2.97. The second kappa shape index (κ2) is 9.30. The summed E-state index contributed by atoms with van der Waals surface area (Å²) in [7, 11) is 1.95. The summed E-state index contributed by atoms with van der Waals surface area (Å²) < 4.78 is 7.43. The van der Waals surface area contributed by atoms with E-state index in [1.54, 1.807) is 0 Å². The number of aromatic nitrogens is 2. The lowest BCUT2D eigenvalue weighted by atomic mass is 10.2. The van der Waals surface area contributed by atoms with Gasteiger partial charge < -0.3 is 20.3 Å². The summed E-state index contributed by atoms with van der Waals surface area (Å²) in [6.45, 7) is 14.3. The standard InChI is InChI=1S/C20H36N6O2/c1-8-21-18(23-13-17-14(2)24-25(7)15(17)3)22-11-12-26(16-9-10-16)19(27)28-20(4,5)6/h16H,8-13H2,1-7H3,(H2,21,22,23). The third kappa shape index (κ3) is 6.42. The van der Waals surface area contributed by atoms with E-state index in [0.717, 1.165) is 42.3 Å². The number of hydrogen-bond donors (Lipinski definition) is 2. The predicted molar refractivity (Wildman–Crippen MR) is 111 cm³/mol. The van der Waals surface area contributed by atoms with Crippen LogP contribution in [0, 0.1) is 13.8 Å². The number of amides is 1. The Morgan fingerprint density at radius 2 is 2.00 bits per heavy atom. The molecule has 8 nitrogen and oxygen atoms in total. The van der Waals surface area contributed by atoms with Gasteiger partial charge in [-0.05, 0) is 54.4 Å². The van der Waals surface area contributed by atoms with E-state index >= 15 is 0 Å². The van der Waals surface area contributed by atoms with Crippen molar-refractivity contribution >= 4 is 12.1 Å². The van der Waals surface area contributed by atoms with E-state index in [9.17, 15) is 4.79 Å². The molecule has 2 N–H and O–H groups in total. The van der Waals surface area contributed by atoms with Gasteiger partial charge in [0.25, 0.3) is 0 Å². The first-order valence-corrected chi connectivity index (χ1v) is 10.1. The molecule has 158 valence electrons. The van der Waals surface area contributed by atoms with Crippen molar-refractivity contribution in [3.05, 3.63) is 17.0 Å². The van der Waals surface area contributed by atoms with Gasteiger partial charge in [-0.25, -0.2) is 9.79 Å². The van der Waals surface area contributed by atoms with Crippen LogP contribution in [0.15, 0.2) is 4.99 Å². The number of guanidine groups is 1. The van der Waals surface area contributed by atoms with Crippen molar-refractivity contribution in [2.45, 2.75) is 72.6 Å². The molecular weight excluding hydrogens is 356 g/mol. The Labute approximate surface area is 168 Å². The van der Waals surface area contributed by atoms with Gasteiger partial charge in [0.15, 0.2) is 5.96 Å². The van der Waals surface area contributed by atoms with Gasteiger partial charge in [-0.1, -0.05) is 0 Å². The average Bonchev–Trinajstić information content (AvgIpc) is 3.37. The lowest BCUT2D eigenvalue weighted by molar-refractivity contribution is 0.0238. The first kappa shape index (κ1) is 22.0. The molecule has 0 bridgehead atoms. The number of rotatable bonds is 7. The molecule has 1 aromatic rings. The van der Waals surface area contributed by atoms with Crippen LogP contribution in [0.3, 0.4) is 0 Å². The highest BCUT2D eigenvalue weighted by Crippen LogP contribution is 2.28. The van der Waals surface area contributed by atoms with Crippen LogP contribution in [-0.2, 0) is 18.3 Å². The second-order valence-corrected chi connectivity index (χ2v) is 8.30. The van der Waals surface area contributed by atoms with Gasteiger partial charge in [-0.3, -0.25) is 4.68 Å². The van der Waals surface area contributed by atoms with Crippen molar-refractivity contribution in [2.24, 2.45) is 12.0 Å². The zero-order valence-electron chi connectivity index (χ0n) is 18.4.